The third-order valence-corrected chi connectivity index (χ3v) is 4.81. The summed E-state index contributed by atoms with van der Waals surface area (Å²) in [6.07, 6.45) is 0. The van der Waals surface area contributed by atoms with Crippen molar-refractivity contribution in [2.45, 2.75) is 19.4 Å². The number of aryl methyl sites for hydroxylation is 2. The van der Waals surface area contributed by atoms with Crippen molar-refractivity contribution >= 4 is 0 Å². The van der Waals surface area contributed by atoms with Gasteiger partial charge in [0.25, 0.3) is 0 Å². The van der Waals surface area contributed by atoms with Crippen LogP contribution in [0.5, 0.6) is 0 Å². The molecule has 2 N–H and O–H groups in total. The maximum absolute atomic E-state index is 9.55. The normalized spacial score (nSPS) is 11.5. The number of aliphatic hydroxyl groups is 1. The largest absolute Gasteiger partial charge is 0.395 e. The van der Waals surface area contributed by atoms with Crippen molar-refractivity contribution in [2.24, 2.45) is 0 Å². The SMILES string of the molecule is Cc1ccccc1C(NCCO)(c1ccccc1)c1ccccc1C. The third-order valence-electron chi connectivity index (χ3n) is 4.81. The molecule has 0 fully saturated rings. The zero-order valence-electron chi connectivity index (χ0n) is 14.9. The molecule has 3 aromatic rings. The van der Waals surface area contributed by atoms with E-state index in [1.807, 2.05) is 6.07 Å². The molecule has 0 bridgehead atoms. The summed E-state index contributed by atoms with van der Waals surface area (Å²) in [6, 6.07) is 27.4. The third kappa shape index (κ3) is 3.23. The van der Waals surface area contributed by atoms with Gasteiger partial charge in [0, 0.05) is 6.54 Å². The lowest BCUT2D eigenvalue weighted by molar-refractivity contribution is 0.277. The molecule has 128 valence electrons. The van der Waals surface area contributed by atoms with Gasteiger partial charge >= 0.3 is 0 Å². The molecular formula is C23H25NO. The van der Waals surface area contributed by atoms with Crippen LogP contribution < -0.4 is 5.32 Å². The molecule has 0 aliphatic rings. The Hall–Kier alpha value is -2.42. The summed E-state index contributed by atoms with van der Waals surface area (Å²) in [4.78, 5) is 0. The van der Waals surface area contributed by atoms with Crippen molar-refractivity contribution in [3.8, 4) is 0 Å². The summed E-state index contributed by atoms with van der Waals surface area (Å²) < 4.78 is 0. The van der Waals surface area contributed by atoms with E-state index in [2.05, 4.69) is 92.0 Å². The van der Waals surface area contributed by atoms with Crippen molar-refractivity contribution in [3.05, 3.63) is 107 Å². The van der Waals surface area contributed by atoms with Gasteiger partial charge in [0.05, 0.1) is 12.1 Å². The van der Waals surface area contributed by atoms with Crippen LogP contribution in [0, 0.1) is 13.8 Å². The highest BCUT2D eigenvalue weighted by molar-refractivity contribution is 5.54. The topological polar surface area (TPSA) is 32.3 Å². The molecule has 0 amide bonds. The van der Waals surface area contributed by atoms with E-state index < -0.39 is 5.54 Å². The highest BCUT2D eigenvalue weighted by Crippen LogP contribution is 2.39. The maximum atomic E-state index is 9.55. The van der Waals surface area contributed by atoms with E-state index in [1.54, 1.807) is 0 Å². The van der Waals surface area contributed by atoms with E-state index in [0.29, 0.717) is 6.54 Å². The second-order valence-corrected chi connectivity index (χ2v) is 6.40. The molecule has 0 spiro atoms. The molecule has 0 heterocycles. The van der Waals surface area contributed by atoms with Gasteiger partial charge in [0.1, 0.15) is 0 Å². The van der Waals surface area contributed by atoms with Gasteiger partial charge < -0.3 is 5.11 Å². The van der Waals surface area contributed by atoms with Gasteiger partial charge in [-0.3, -0.25) is 5.32 Å². The molecule has 0 aromatic heterocycles. The van der Waals surface area contributed by atoms with Crippen LogP contribution in [0.4, 0.5) is 0 Å². The van der Waals surface area contributed by atoms with Crippen LogP contribution in [-0.4, -0.2) is 18.3 Å². The summed E-state index contributed by atoms with van der Waals surface area (Å²) in [6.45, 7) is 4.89. The fourth-order valence-electron chi connectivity index (χ4n) is 3.67. The lowest BCUT2D eigenvalue weighted by Crippen LogP contribution is -2.46. The predicted molar refractivity (Wildman–Crippen MR) is 104 cm³/mol. The molecule has 3 rings (SSSR count). The first-order valence-electron chi connectivity index (χ1n) is 8.74. The van der Waals surface area contributed by atoms with E-state index in [1.165, 1.54) is 27.8 Å². The molecule has 3 aromatic carbocycles. The number of rotatable bonds is 6. The minimum absolute atomic E-state index is 0.0896. The lowest BCUT2D eigenvalue weighted by atomic mass is 9.74. The van der Waals surface area contributed by atoms with Gasteiger partial charge in [-0.1, -0.05) is 78.9 Å². The number of aliphatic hydroxyl groups excluding tert-OH is 1. The molecule has 25 heavy (non-hydrogen) atoms. The van der Waals surface area contributed by atoms with Crippen molar-refractivity contribution in [3.63, 3.8) is 0 Å². The summed E-state index contributed by atoms with van der Waals surface area (Å²) in [7, 11) is 0. The monoisotopic (exact) mass is 331 g/mol. The van der Waals surface area contributed by atoms with Crippen molar-refractivity contribution in [1.82, 2.24) is 5.32 Å². The smallest absolute Gasteiger partial charge is 0.0953 e. The van der Waals surface area contributed by atoms with Gasteiger partial charge in [-0.05, 0) is 41.7 Å². The van der Waals surface area contributed by atoms with Gasteiger partial charge in [-0.25, -0.2) is 0 Å². The van der Waals surface area contributed by atoms with Crippen LogP contribution >= 0.6 is 0 Å². The highest BCUT2D eigenvalue weighted by atomic mass is 16.3. The summed E-state index contributed by atoms with van der Waals surface area (Å²) >= 11 is 0. The Labute approximate surface area is 150 Å². The van der Waals surface area contributed by atoms with Gasteiger partial charge in [-0.2, -0.15) is 0 Å². The lowest BCUT2D eigenvalue weighted by Gasteiger charge is -2.39. The molecule has 0 saturated carbocycles. The summed E-state index contributed by atoms with van der Waals surface area (Å²) in [5.74, 6) is 0. The van der Waals surface area contributed by atoms with E-state index >= 15 is 0 Å². The first-order valence-corrected chi connectivity index (χ1v) is 8.74. The Kier molecular flexibility index (Phi) is 5.32. The van der Waals surface area contributed by atoms with Crippen molar-refractivity contribution in [2.75, 3.05) is 13.2 Å². The Morgan fingerprint density at radius 2 is 1.20 bits per heavy atom. The van der Waals surface area contributed by atoms with E-state index in [-0.39, 0.29) is 6.61 Å². The van der Waals surface area contributed by atoms with Crippen LogP contribution in [0.25, 0.3) is 0 Å². The van der Waals surface area contributed by atoms with Gasteiger partial charge in [-0.15, -0.1) is 0 Å². The highest BCUT2D eigenvalue weighted by Gasteiger charge is 2.37. The predicted octanol–water partition coefficient (Wildman–Crippen LogP) is 4.18. The molecule has 2 nitrogen and oxygen atoms in total. The second-order valence-electron chi connectivity index (χ2n) is 6.40. The number of hydrogen-bond acceptors (Lipinski definition) is 2. The number of hydrogen-bond donors (Lipinski definition) is 2. The average molecular weight is 331 g/mol. The minimum Gasteiger partial charge on any atom is -0.395 e. The molecular weight excluding hydrogens is 306 g/mol. The summed E-state index contributed by atoms with van der Waals surface area (Å²) in [5.41, 5.74) is 5.54. The van der Waals surface area contributed by atoms with Gasteiger partial charge in [0.2, 0.25) is 0 Å². The zero-order valence-corrected chi connectivity index (χ0v) is 14.9. The molecule has 0 atom stereocenters. The minimum atomic E-state index is -0.499. The summed E-state index contributed by atoms with van der Waals surface area (Å²) in [5, 5.41) is 13.2. The van der Waals surface area contributed by atoms with Crippen LogP contribution in [-0.2, 0) is 5.54 Å². The van der Waals surface area contributed by atoms with E-state index in [4.69, 9.17) is 0 Å². The molecule has 0 aliphatic heterocycles. The fraction of sp³-hybridized carbons (Fsp3) is 0.217. The average Bonchev–Trinajstić information content (AvgIpc) is 2.65. The quantitative estimate of drug-likeness (QED) is 0.664. The molecule has 0 aliphatic carbocycles. The van der Waals surface area contributed by atoms with E-state index in [0.717, 1.165) is 0 Å². The van der Waals surface area contributed by atoms with Crippen molar-refractivity contribution in [1.29, 1.82) is 0 Å². The Balaban J connectivity index is 2.36. The molecule has 0 saturated heterocycles. The van der Waals surface area contributed by atoms with E-state index in [9.17, 15) is 5.11 Å². The number of nitrogens with one attached hydrogen (secondary N) is 1. The number of benzene rings is 3. The van der Waals surface area contributed by atoms with Crippen LogP contribution in [0.1, 0.15) is 27.8 Å². The maximum Gasteiger partial charge on any atom is 0.0953 e. The second kappa shape index (κ2) is 7.64. The molecule has 2 heteroatoms. The first-order chi connectivity index (χ1) is 12.2. The zero-order chi connectivity index (χ0) is 17.7. The van der Waals surface area contributed by atoms with Crippen LogP contribution in [0.15, 0.2) is 78.9 Å². The van der Waals surface area contributed by atoms with Crippen LogP contribution in [0.2, 0.25) is 0 Å². The molecule has 0 unspecified atom stereocenters. The Bertz CT molecular complexity index is 781. The first kappa shape index (κ1) is 17.4. The fourth-order valence-corrected chi connectivity index (χ4v) is 3.67. The molecule has 0 radical (unpaired) electrons. The standard InChI is InChI=1S/C23H25NO/c1-18-10-6-8-14-21(18)23(24-16-17-25,20-12-4-3-5-13-20)22-15-9-7-11-19(22)2/h3-15,24-25H,16-17H2,1-2H3. The van der Waals surface area contributed by atoms with Gasteiger partial charge in [0.15, 0.2) is 0 Å². The van der Waals surface area contributed by atoms with Crippen molar-refractivity contribution < 1.29 is 5.11 Å². The van der Waals surface area contributed by atoms with Crippen LogP contribution in [0.3, 0.4) is 0 Å². The Morgan fingerprint density at radius 3 is 1.68 bits per heavy atom. The Morgan fingerprint density at radius 1 is 0.720 bits per heavy atom.